The van der Waals surface area contributed by atoms with E-state index >= 15 is 0 Å². The molecule has 0 saturated carbocycles. The van der Waals surface area contributed by atoms with Crippen molar-refractivity contribution in [1.29, 1.82) is 0 Å². The van der Waals surface area contributed by atoms with Gasteiger partial charge in [0.2, 0.25) is 11.8 Å². The van der Waals surface area contributed by atoms with Crippen molar-refractivity contribution in [3.8, 4) is 0 Å². The molecule has 2 aromatic heterocycles. The maximum absolute atomic E-state index is 12.8. The number of H-pyrrole nitrogens is 1. The van der Waals surface area contributed by atoms with Crippen LogP contribution in [0.15, 0.2) is 11.0 Å². The molecule has 0 aromatic carbocycles. The minimum Gasteiger partial charge on any atom is -0.392 e. The second-order valence-corrected chi connectivity index (χ2v) is 7.33. The number of aromatic nitrogens is 4. The summed E-state index contributed by atoms with van der Waals surface area (Å²) in [6.45, 7) is 2.16. The molecular formula is C17H23N7O4. The highest BCUT2D eigenvalue weighted by atomic mass is 16.3. The van der Waals surface area contributed by atoms with E-state index in [1.165, 1.54) is 11.1 Å². The number of nitrogens with zero attached hydrogens (tertiary/aromatic N) is 5. The molecule has 4 rings (SSSR count). The van der Waals surface area contributed by atoms with Gasteiger partial charge in [0, 0.05) is 33.2 Å². The first-order chi connectivity index (χ1) is 13.4. The molecule has 2 saturated heterocycles. The van der Waals surface area contributed by atoms with Gasteiger partial charge < -0.3 is 20.3 Å². The lowest BCUT2D eigenvalue weighted by molar-refractivity contribution is -0.147. The normalized spacial score (nSPS) is 23.8. The largest absolute Gasteiger partial charge is 0.392 e. The predicted molar refractivity (Wildman–Crippen MR) is 98.1 cm³/mol. The maximum atomic E-state index is 12.8. The lowest BCUT2D eigenvalue weighted by atomic mass is 9.93. The first kappa shape index (κ1) is 18.6. The molecule has 2 fully saturated rings. The van der Waals surface area contributed by atoms with Gasteiger partial charge in [0.15, 0.2) is 5.65 Å². The van der Waals surface area contributed by atoms with Gasteiger partial charge in [-0.25, -0.2) is 4.98 Å². The molecule has 0 bridgehead atoms. The van der Waals surface area contributed by atoms with Crippen LogP contribution in [-0.2, 0) is 23.2 Å². The van der Waals surface area contributed by atoms with E-state index in [0.29, 0.717) is 56.0 Å². The summed E-state index contributed by atoms with van der Waals surface area (Å²) < 4.78 is 1.54. The van der Waals surface area contributed by atoms with Crippen molar-refractivity contribution in [3.63, 3.8) is 0 Å². The topological polar surface area (TPSA) is 136 Å². The summed E-state index contributed by atoms with van der Waals surface area (Å²) in [5, 5.41) is 17.5. The van der Waals surface area contributed by atoms with Crippen LogP contribution in [0.3, 0.4) is 0 Å². The van der Waals surface area contributed by atoms with Crippen LogP contribution in [-0.4, -0.2) is 85.3 Å². The summed E-state index contributed by atoms with van der Waals surface area (Å²) in [5.41, 5.74) is 0.250. The molecule has 2 atom stereocenters. The minimum absolute atomic E-state index is 0.0219. The van der Waals surface area contributed by atoms with Gasteiger partial charge in [-0.05, 0) is 6.42 Å². The Morgan fingerprint density at radius 3 is 2.96 bits per heavy atom. The Labute approximate surface area is 160 Å². The number of piperazine rings is 1. The lowest BCUT2D eigenvalue weighted by Crippen LogP contribution is -2.56. The Kier molecular flexibility index (Phi) is 4.85. The first-order valence-electron chi connectivity index (χ1n) is 9.29. The number of carbonyl (C=O) groups excluding carboxylic acids is 2. The van der Waals surface area contributed by atoms with E-state index in [4.69, 9.17) is 0 Å². The number of carbonyl (C=O) groups is 2. The first-order valence-corrected chi connectivity index (χ1v) is 9.29. The summed E-state index contributed by atoms with van der Waals surface area (Å²) in [4.78, 5) is 47.3. The number of aryl methyl sites for hydroxylation is 1. The van der Waals surface area contributed by atoms with Crippen molar-refractivity contribution in [2.24, 2.45) is 13.0 Å². The van der Waals surface area contributed by atoms with Crippen LogP contribution in [0.25, 0.3) is 11.0 Å². The number of rotatable bonds is 3. The Bertz CT molecular complexity index is 968. The molecular weight excluding hydrogens is 366 g/mol. The lowest BCUT2D eigenvalue weighted by Gasteiger charge is -2.38. The third-order valence-electron chi connectivity index (χ3n) is 5.35. The smallest absolute Gasteiger partial charge is 0.262 e. The van der Waals surface area contributed by atoms with Gasteiger partial charge in [-0.2, -0.15) is 5.10 Å². The quantitative estimate of drug-likeness (QED) is 0.542. The summed E-state index contributed by atoms with van der Waals surface area (Å²) in [7, 11) is 1.72. The van der Waals surface area contributed by atoms with E-state index in [2.05, 4.69) is 20.4 Å². The second-order valence-electron chi connectivity index (χ2n) is 7.33. The van der Waals surface area contributed by atoms with Gasteiger partial charge in [0.05, 0.1) is 31.3 Å². The van der Waals surface area contributed by atoms with Crippen molar-refractivity contribution < 1.29 is 14.7 Å². The van der Waals surface area contributed by atoms with Crippen LogP contribution in [0.4, 0.5) is 0 Å². The van der Waals surface area contributed by atoms with E-state index in [1.807, 2.05) is 4.90 Å². The maximum Gasteiger partial charge on any atom is 0.262 e. The number of aliphatic hydroxyl groups is 1. The van der Waals surface area contributed by atoms with Crippen LogP contribution in [0, 0.1) is 5.92 Å². The number of amides is 2. The number of aromatic amines is 1. The fourth-order valence-electron chi connectivity index (χ4n) is 3.82. The summed E-state index contributed by atoms with van der Waals surface area (Å²) >= 11 is 0. The number of hydrogen-bond acceptors (Lipinski definition) is 7. The summed E-state index contributed by atoms with van der Waals surface area (Å²) in [5.74, 6) is -0.517. The SMILES string of the molecule is Cn1ncc2c(=O)[nH]c(CN3CC[C@@H](O)[C@@H](C(=O)N4CCNC(=O)C4)C3)nc21. The number of likely N-dealkylation sites (tertiary alicyclic amines) is 1. The third-order valence-corrected chi connectivity index (χ3v) is 5.35. The van der Waals surface area contributed by atoms with Crippen LogP contribution in [0.1, 0.15) is 12.2 Å². The van der Waals surface area contributed by atoms with Gasteiger partial charge >= 0.3 is 0 Å². The molecule has 2 aromatic rings. The van der Waals surface area contributed by atoms with Crippen molar-refractivity contribution in [3.05, 3.63) is 22.4 Å². The second kappa shape index (κ2) is 7.32. The van der Waals surface area contributed by atoms with Crippen LogP contribution >= 0.6 is 0 Å². The summed E-state index contributed by atoms with van der Waals surface area (Å²) in [6, 6.07) is 0. The van der Waals surface area contributed by atoms with Crippen molar-refractivity contribution >= 4 is 22.8 Å². The number of piperidine rings is 1. The Morgan fingerprint density at radius 2 is 2.18 bits per heavy atom. The van der Waals surface area contributed by atoms with Crippen molar-refractivity contribution in [1.82, 2.24) is 34.9 Å². The highest BCUT2D eigenvalue weighted by Crippen LogP contribution is 2.21. The fourth-order valence-corrected chi connectivity index (χ4v) is 3.82. The molecule has 0 radical (unpaired) electrons. The molecule has 2 amide bonds. The zero-order valence-corrected chi connectivity index (χ0v) is 15.6. The minimum atomic E-state index is -0.750. The zero-order valence-electron chi connectivity index (χ0n) is 15.6. The Hall–Kier alpha value is -2.79. The molecule has 2 aliphatic rings. The number of fused-ring (bicyclic) bond motifs is 1. The van der Waals surface area contributed by atoms with Crippen LogP contribution < -0.4 is 10.9 Å². The predicted octanol–water partition coefficient (Wildman–Crippen LogP) is -2.20. The molecule has 28 heavy (non-hydrogen) atoms. The van der Waals surface area contributed by atoms with E-state index in [-0.39, 0.29) is 23.9 Å². The average molecular weight is 389 g/mol. The molecule has 3 N–H and O–H groups in total. The van der Waals surface area contributed by atoms with Crippen molar-refractivity contribution in [2.45, 2.75) is 19.1 Å². The number of hydrogen-bond donors (Lipinski definition) is 3. The highest BCUT2D eigenvalue weighted by Gasteiger charge is 2.37. The Morgan fingerprint density at radius 1 is 1.36 bits per heavy atom. The van der Waals surface area contributed by atoms with Crippen LogP contribution in [0.5, 0.6) is 0 Å². The van der Waals surface area contributed by atoms with E-state index < -0.39 is 12.0 Å². The molecule has 150 valence electrons. The van der Waals surface area contributed by atoms with Gasteiger partial charge in [-0.3, -0.25) is 24.0 Å². The highest BCUT2D eigenvalue weighted by molar-refractivity contribution is 5.87. The van der Waals surface area contributed by atoms with E-state index in [0.717, 1.165) is 0 Å². The molecule has 0 unspecified atom stereocenters. The third kappa shape index (κ3) is 3.50. The van der Waals surface area contributed by atoms with Crippen molar-refractivity contribution in [2.75, 3.05) is 32.7 Å². The van der Waals surface area contributed by atoms with Gasteiger partial charge in [-0.1, -0.05) is 0 Å². The zero-order chi connectivity index (χ0) is 19.8. The standard InChI is InChI=1S/C17H23N7O4/c1-22-15-10(6-19-22)16(27)21-13(20-15)8-23-4-2-12(25)11(7-23)17(28)24-5-3-18-14(26)9-24/h6,11-12,25H,2-5,7-9H2,1H3,(H,18,26)(H,20,21,27)/t11-,12+/m0/s1. The van der Waals surface area contributed by atoms with E-state index in [9.17, 15) is 19.5 Å². The van der Waals surface area contributed by atoms with Crippen LogP contribution in [0.2, 0.25) is 0 Å². The number of aliphatic hydroxyl groups excluding tert-OH is 1. The monoisotopic (exact) mass is 389 g/mol. The van der Waals surface area contributed by atoms with Gasteiger partial charge in [0.25, 0.3) is 5.56 Å². The van der Waals surface area contributed by atoms with Gasteiger partial charge in [0.1, 0.15) is 11.2 Å². The molecule has 0 aliphatic carbocycles. The molecule has 0 spiro atoms. The number of nitrogens with one attached hydrogen (secondary N) is 2. The molecule has 11 nitrogen and oxygen atoms in total. The Balaban J connectivity index is 1.49. The molecule has 4 heterocycles. The molecule has 11 heteroatoms. The summed E-state index contributed by atoms with van der Waals surface area (Å²) in [6.07, 6.45) is 1.17. The fraction of sp³-hybridized carbons (Fsp3) is 0.588. The average Bonchev–Trinajstić information content (AvgIpc) is 3.04. The molecule has 2 aliphatic heterocycles. The van der Waals surface area contributed by atoms with E-state index in [1.54, 1.807) is 11.7 Å². The van der Waals surface area contributed by atoms with Gasteiger partial charge in [-0.15, -0.1) is 0 Å².